The highest BCUT2D eigenvalue weighted by Crippen LogP contribution is 2.25. The molecule has 0 N–H and O–H groups in total. The Balaban J connectivity index is 2.44. The zero-order valence-electron chi connectivity index (χ0n) is 6.29. The molecule has 2 rings (SSSR count). The lowest BCUT2D eigenvalue weighted by Gasteiger charge is -2.10. The molecule has 1 aliphatic heterocycles. The Bertz CT molecular complexity index is 320. The third kappa shape index (κ3) is 1.25. The molecule has 0 bridgehead atoms. The minimum atomic E-state index is 0.516. The van der Waals surface area contributed by atoms with E-state index in [-0.39, 0.29) is 0 Å². The van der Waals surface area contributed by atoms with Crippen molar-refractivity contribution in [3.8, 4) is 5.75 Å². The van der Waals surface area contributed by atoms with Gasteiger partial charge in [0, 0.05) is 11.4 Å². The number of benzene rings is 1. The van der Waals surface area contributed by atoms with E-state index in [1.165, 1.54) is 6.26 Å². The predicted molar refractivity (Wildman–Crippen MR) is 46.7 cm³/mol. The molecule has 0 aromatic heterocycles. The van der Waals surface area contributed by atoms with Gasteiger partial charge in [0.15, 0.2) is 5.75 Å². The van der Waals surface area contributed by atoms with Crippen molar-refractivity contribution >= 4 is 17.7 Å². The standard InChI is InChI=1S/C9H7ClO2/c10-6-7-1-2-9-8(5-7)3-4-11-12-9/h1-5H,6H2. The highest BCUT2D eigenvalue weighted by Gasteiger charge is 2.06. The van der Waals surface area contributed by atoms with E-state index in [1.807, 2.05) is 24.3 Å². The van der Waals surface area contributed by atoms with Crippen LogP contribution in [0.1, 0.15) is 11.1 Å². The molecule has 62 valence electrons. The van der Waals surface area contributed by atoms with E-state index in [0.717, 1.165) is 16.9 Å². The Kier molecular flexibility index (Phi) is 1.92. The van der Waals surface area contributed by atoms with Crippen LogP contribution in [0.15, 0.2) is 24.5 Å². The molecule has 0 atom stereocenters. The third-order valence-electron chi connectivity index (χ3n) is 1.67. The zero-order chi connectivity index (χ0) is 8.39. The molecule has 0 radical (unpaired) electrons. The lowest BCUT2D eigenvalue weighted by Crippen LogP contribution is -1.97. The fraction of sp³-hybridized carbons (Fsp3) is 0.111. The maximum absolute atomic E-state index is 5.67. The second-order valence-electron chi connectivity index (χ2n) is 2.49. The summed E-state index contributed by atoms with van der Waals surface area (Å²) in [5.74, 6) is 1.24. The number of hydrogen-bond donors (Lipinski definition) is 0. The van der Waals surface area contributed by atoms with Crippen molar-refractivity contribution in [3.05, 3.63) is 35.6 Å². The van der Waals surface area contributed by atoms with Gasteiger partial charge in [-0.3, -0.25) is 9.78 Å². The molecule has 1 heterocycles. The molecular formula is C9H7ClO2. The van der Waals surface area contributed by atoms with Gasteiger partial charge < -0.3 is 0 Å². The van der Waals surface area contributed by atoms with Gasteiger partial charge in [0.1, 0.15) is 6.26 Å². The van der Waals surface area contributed by atoms with Crippen molar-refractivity contribution < 1.29 is 9.78 Å². The normalized spacial score (nSPS) is 13.1. The molecule has 1 aromatic carbocycles. The van der Waals surface area contributed by atoms with Gasteiger partial charge >= 0.3 is 0 Å². The molecule has 2 nitrogen and oxygen atoms in total. The van der Waals surface area contributed by atoms with Gasteiger partial charge in [-0.05, 0) is 23.8 Å². The summed E-state index contributed by atoms with van der Waals surface area (Å²) < 4.78 is 0. The van der Waals surface area contributed by atoms with Gasteiger partial charge in [0.2, 0.25) is 0 Å². The summed E-state index contributed by atoms with van der Waals surface area (Å²) in [5, 5.41) is 0. The first-order chi connectivity index (χ1) is 5.90. The second-order valence-corrected chi connectivity index (χ2v) is 2.76. The fourth-order valence-corrected chi connectivity index (χ4v) is 1.23. The maximum Gasteiger partial charge on any atom is 0.185 e. The Morgan fingerprint density at radius 1 is 1.33 bits per heavy atom. The van der Waals surface area contributed by atoms with Gasteiger partial charge in [0.25, 0.3) is 0 Å². The number of halogens is 1. The van der Waals surface area contributed by atoms with Crippen LogP contribution in [0.2, 0.25) is 0 Å². The minimum Gasteiger partial charge on any atom is -0.298 e. The monoisotopic (exact) mass is 182 g/mol. The van der Waals surface area contributed by atoms with Crippen LogP contribution in [0.25, 0.3) is 6.08 Å². The molecule has 0 fully saturated rings. The van der Waals surface area contributed by atoms with Gasteiger partial charge in [-0.2, -0.15) is 0 Å². The Morgan fingerprint density at radius 3 is 3.08 bits per heavy atom. The highest BCUT2D eigenvalue weighted by molar-refractivity contribution is 6.17. The molecular weight excluding hydrogens is 176 g/mol. The summed E-state index contributed by atoms with van der Waals surface area (Å²) in [7, 11) is 0. The van der Waals surface area contributed by atoms with Crippen LogP contribution >= 0.6 is 11.6 Å². The lowest BCUT2D eigenvalue weighted by molar-refractivity contribution is -0.151. The molecule has 1 aromatic rings. The van der Waals surface area contributed by atoms with Crippen LogP contribution in [-0.2, 0) is 10.8 Å². The molecule has 12 heavy (non-hydrogen) atoms. The summed E-state index contributed by atoms with van der Waals surface area (Å²) >= 11 is 5.67. The van der Waals surface area contributed by atoms with E-state index in [9.17, 15) is 0 Å². The summed E-state index contributed by atoms with van der Waals surface area (Å²) in [6, 6.07) is 5.73. The zero-order valence-corrected chi connectivity index (χ0v) is 7.04. The average molecular weight is 183 g/mol. The molecule has 0 spiro atoms. The first-order valence-corrected chi connectivity index (χ1v) is 4.12. The first kappa shape index (κ1) is 7.50. The van der Waals surface area contributed by atoms with Crippen LogP contribution in [0.5, 0.6) is 5.75 Å². The van der Waals surface area contributed by atoms with Crippen LogP contribution in [0, 0.1) is 0 Å². The van der Waals surface area contributed by atoms with Gasteiger partial charge in [-0.1, -0.05) is 6.07 Å². The smallest absolute Gasteiger partial charge is 0.185 e. The second kappa shape index (κ2) is 3.07. The molecule has 0 saturated heterocycles. The average Bonchev–Trinajstić information content (AvgIpc) is 2.17. The van der Waals surface area contributed by atoms with E-state index < -0.39 is 0 Å². The van der Waals surface area contributed by atoms with Crippen molar-refractivity contribution in [2.24, 2.45) is 0 Å². The van der Waals surface area contributed by atoms with Crippen molar-refractivity contribution in [3.63, 3.8) is 0 Å². The predicted octanol–water partition coefficient (Wildman–Crippen LogP) is 2.72. The van der Waals surface area contributed by atoms with E-state index in [4.69, 9.17) is 16.5 Å². The van der Waals surface area contributed by atoms with E-state index >= 15 is 0 Å². The van der Waals surface area contributed by atoms with E-state index in [0.29, 0.717) is 5.88 Å². The lowest BCUT2D eigenvalue weighted by atomic mass is 10.1. The summed E-state index contributed by atoms with van der Waals surface area (Å²) in [6.45, 7) is 0. The van der Waals surface area contributed by atoms with Gasteiger partial charge in [0.05, 0.1) is 0 Å². The summed E-state index contributed by atoms with van der Waals surface area (Å²) in [6.07, 6.45) is 3.34. The third-order valence-corrected chi connectivity index (χ3v) is 1.98. The number of hydrogen-bond acceptors (Lipinski definition) is 2. The minimum absolute atomic E-state index is 0.516. The van der Waals surface area contributed by atoms with Gasteiger partial charge in [-0.15, -0.1) is 11.6 Å². The van der Waals surface area contributed by atoms with Gasteiger partial charge in [-0.25, -0.2) is 0 Å². The Hall–Kier alpha value is -1.15. The number of fused-ring (bicyclic) bond motifs is 1. The number of alkyl halides is 1. The Morgan fingerprint density at radius 2 is 2.25 bits per heavy atom. The van der Waals surface area contributed by atoms with E-state index in [2.05, 4.69) is 4.89 Å². The maximum atomic E-state index is 5.67. The molecule has 0 aliphatic carbocycles. The summed E-state index contributed by atoms with van der Waals surface area (Å²) in [4.78, 5) is 9.55. The number of rotatable bonds is 1. The summed E-state index contributed by atoms with van der Waals surface area (Å²) in [5.41, 5.74) is 2.07. The van der Waals surface area contributed by atoms with Crippen molar-refractivity contribution in [2.75, 3.05) is 0 Å². The molecule has 0 saturated carbocycles. The molecule has 0 amide bonds. The Labute approximate surface area is 75.3 Å². The highest BCUT2D eigenvalue weighted by atomic mass is 35.5. The van der Waals surface area contributed by atoms with Crippen LogP contribution in [-0.4, -0.2) is 0 Å². The molecule has 1 aliphatic rings. The molecule has 3 heteroatoms. The topological polar surface area (TPSA) is 18.5 Å². The quantitative estimate of drug-likeness (QED) is 0.491. The van der Waals surface area contributed by atoms with Crippen molar-refractivity contribution in [1.29, 1.82) is 0 Å². The fourth-order valence-electron chi connectivity index (χ4n) is 1.07. The van der Waals surface area contributed by atoms with E-state index in [1.54, 1.807) is 0 Å². The van der Waals surface area contributed by atoms with Crippen LogP contribution < -0.4 is 4.89 Å². The van der Waals surface area contributed by atoms with Crippen molar-refractivity contribution in [1.82, 2.24) is 0 Å². The van der Waals surface area contributed by atoms with Crippen molar-refractivity contribution in [2.45, 2.75) is 5.88 Å². The van der Waals surface area contributed by atoms with Crippen LogP contribution in [0.3, 0.4) is 0 Å². The first-order valence-electron chi connectivity index (χ1n) is 3.59. The largest absolute Gasteiger partial charge is 0.298 e. The molecule has 0 unspecified atom stereocenters. The van der Waals surface area contributed by atoms with Crippen LogP contribution in [0.4, 0.5) is 0 Å². The SMILES string of the molecule is ClCc1ccc2c(c1)C=COO2.